The van der Waals surface area contributed by atoms with Crippen LogP contribution in [0.5, 0.6) is 0 Å². The van der Waals surface area contributed by atoms with Gasteiger partial charge in [0.05, 0.1) is 18.2 Å². The summed E-state index contributed by atoms with van der Waals surface area (Å²) in [4.78, 5) is 0. The molecule has 0 heterocycles. The maximum absolute atomic E-state index is 11.1. The number of allylic oxidation sites excluding steroid dienone is 2. The predicted octanol–water partition coefficient (Wildman–Crippen LogP) is 3.37. The summed E-state index contributed by atoms with van der Waals surface area (Å²) in [6.45, 7) is 9.61. The summed E-state index contributed by atoms with van der Waals surface area (Å²) in [6, 6.07) is 5.59. The third-order valence-corrected chi connectivity index (χ3v) is 5.59. The number of ether oxygens (including phenoxy) is 1. The standard InChI is InChI=1S/C11H17NO3S.C9H13NO2S/c1-8-6-10(12-16(5,13)14)7-9(2)11(8,3)15-4;1-7-4-8(2)6-9(5-7)10-13(3,11)12/h6-7H,1-5H3;4-6,10H,1-3H3. The molecule has 0 unspecified atom stereocenters. The van der Waals surface area contributed by atoms with Crippen LogP contribution >= 0.6 is 0 Å². The Bertz CT molecular complexity index is 1020. The lowest BCUT2D eigenvalue weighted by Crippen LogP contribution is -2.33. The molecule has 0 aromatic heterocycles. The lowest BCUT2D eigenvalue weighted by Gasteiger charge is -2.33. The van der Waals surface area contributed by atoms with E-state index in [9.17, 15) is 16.8 Å². The third-order valence-electron chi connectivity index (χ3n) is 4.44. The molecule has 0 atom stereocenters. The summed E-state index contributed by atoms with van der Waals surface area (Å²) in [5, 5.41) is 0. The molecule has 0 saturated heterocycles. The minimum absolute atomic E-state index is 0.451. The minimum Gasteiger partial charge on any atom is -0.370 e. The number of benzene rings is 1. The van der Waals surface area contributed by atoms with Gasteiger partial charge in [0.2, 0.25) is 10.0 Å². The second-order valence-electron chi connectivity index (χ2n) is 7.39. The fourth-order valence-electron chi connectivity index (χ4n) is 2.89. The number of aryl methyl sites for hydroxylation is 2. The Morgan fingerprint density at radius 2 is 1.34 bits per heavy atom. The van der Waals surface area contributed by atoms with E-state index in [0.717, 1.165) is 34.8 Å². The van der Waals surface area contributed by atoms with E-state index in [1.165, 1.54) is 0 Å². The van der Waals surface area contributed by atoms with Gasteiger partial charge in [0.1, 0.15) is 5.60 Å². The van der Waals surface area contributed by atoms with Crippen LogP contribution in [-0.2, 0) is 24.8 Å². The lowest BCUT2D eigenvalue weighted by atomic mass is 9.84. The molecule has 1 N–H and O–H groups in total. The van der Waals surface area contributed by atoms with Gasteiger partial charge in [0.15, 0.2) is 0 Å². The second-order valence-corrected chi connectivity index (χ2v) is 10.8. The summed E-state index contributed by atoms with van der Waals surface area (Å²) in [6.07, 6.45) is 5.69. The van der Waals surface area contributed by atoms with Crippen molar-refractivity contribution in [2.45, 2.75) is 40.2 Å². The zero-order valence-electron chi connectivity index (χ0n) is 18.2. The molecular weight excluding hydrogens is 412 g/mol. The molecule has 2 rings (SSSR count). The average molecular weight is 443 g/mol. The first-order valence-electron chi connectivity index (χ1n) is 8.84. The number of hydrogen-bond donors (Lipinski definition) is 1. The maximum Gasteiger partial charge on any atom is 0.250 e. The highest BCUT2D eigenvalue weighted by Crippen LogP contribution is 2.32. The summed E-state index contributed by atoms with van der Waals surface area (Å²) in [7, 11) is -4.88. The Hall–Kier alpha value is -1.97. The molecule has 9 heteroatoms. The van der Waals surface area contributed by atoms with E-state index >= 15 is 0 Å². The molecule has 0 saturated carbocycles. The quantitative estimate of drug-likeness (QED) is 0.770. The van der Waals surface area contributed by atoms with E-state index in [0.29, 0.717) is 11.4 Å². The van der Waals surface area contributed by atoms with E-state index in [1.807, 2.05) is 40.7 Å². The van der Waals surface area contributed by atoms with Crippen molar-refractivity contribution < 1.29 is 21.6 Å². The molecule has 0 amide bonds. The van der Waals surface area contributed by atoms with Crippen LogP contribution < -0.4 is 4.72 Å². The SMILES string of the molecule is COC1(C)C(C)=CC(=NS(C)(=O)=O)C=C1C.Cc1cc(C)cc(NS(C)(=O)=O)c1. The van der Waals surface area contributed by atoms with Crippen molar-refractivity contribution >= 4 is 31.4 Å². The van der Waals surface area contributed by atoms with Crippen molar-refractivity contribution in [3.63, 3.8) is 0 Å². The summed E-state index contributed by atoms with van der Waals surface area (Å²) in [5.41, 5.74) is 4.59. The molecule has 0 aliphatic heterocycles. The Morgan fingerprint density at radius 1 is 0.897 bits per heavy atom. The zero-order chi connectivity index (χ0) is 22.6. The number of nitrogens with zero attached hydrogens (tertiary/aromatic N) is 1. The monoisotopic (exact) mass is 442 g/mol. The first kappa shape index (κ1) is 25.1. The van der Waals surface area contributed by atoms with Crippen molar-refractivity contribution in [2.24, 2.45) is 4.40 Å². The van der Waals surface area contributed by atoms with Gasteiger partial charge in [-0.15, -0.1) is 0 Å². The van der Waals surface area contributed by atoms with Crippen LogP contribution in [0.15, 0.2) is 45.9 Å². The molecule has 0 radical (unpaired) electrons. The van der Waals surface area contributed by atoms with Crippen LogP contribution in [-0.4, -0.2) is 47.8 Å². The first-order chi connectivity index (χ1) is 13.1. The molecule has 162 valence electrons. The predicted molar refractivity (Wildman–Crippen MR) is 120 cm³/mol. The number of methoxy groups -OCH3 is 1. The number of hydrogen-bond acceptors (Lipinski definition) is 5. The summed E-state index contributed by atoms with van der Waals surface area (Å²) >= 11 is 0. The van der Waals surface area contributed by atoms with E-state index in [1.54, 1.807) is 31.4 Å². The van der Waals surface area contributed by atoms with Crippen molar-refractivity contribution in [1.29, 1.82) is 0 Å². The van der Waals surface area contributed by atoms with Gasteiger partial charge in [-0.25, -0.2) is 16.8 Å². The molecule has 7 nitrogen and oxygen atoms in total. The van der Waals surface area contributed by atoms with Gasteiger partial charge in [0.25, 0.3) is 10.0 Å². The molecule has 1 aromatic rings. The van der Waals surface area contributed by atoms with Gasteiger partial charge in [-0.05, 0) is 81.2 Å². The van der Waals surface area contributed by atoms with Gasteiger partial charge in [-0.2, -0.15) is 4.40 Å². The average Bonchev–Trinajstić information content (AvgIpc) is 2.48. The fourth-order valence-corrected chi connectivity index (χ4v) is 3.92. The van der Waals surface area contributed by atoms with E-state index in [-0.39, 0.29) is 0 Å². The highest BCUT2D eigenvalue weighted by Gasteiger charge is 2.31. The molecule has 0 bridgehead atoms. The highest BCUT2D eigenvalue weighted by molar-refractivity contribution is 7.92. The highest BCUT2D eigenvalue weighted by atomic mass is 32.2. The lowest BCUT2D eigenvalue weighted by molar-refractivity contribution is 0.0697. The van der Waals surface area contributed by atoms with Crippen LogP contribution in [0.1, 0.15) is 31.9 Å². The molecule has 1 aromatic carbocycles. The van der Waals surface area contributed by atoms with Crippen LogP contribution in [0.4, 0.5) is 5.69 Å². The molecule has 0 spiro atoms. The Kier molecular flexibility index (Phi) is 7.98. The van der Waals surface area contributed by atoms with Crippen LogP contribution in [0.3, 0.4) is 0 Å². The second kappa shape index (κ2) is 9.23. The smallest absolute Gasteiger partial charge is 0.250 e. The molecule has 29 heavy (non-hydrogen) atoms. The molecule has 0 fully saturated rings. The number of nitrogens with one attached hydrogen (secondary N) is 1. The van der Waals surface area contributed by atoms with Crippen molar-refractivity contribution in [3.05, 3.63) is 52.6 Å². The topological polar surface area (TPSA) is 102 Å². The van der Waals surface area contributed by atoms with Gasteiger partial charge in [0, 0.05) is 12.8 Å². The number of sulfonamides is 2. The third kappa shape index (κ3) is 8.12. The summed E-state index contributed by atoms with van der Waals surface area (Å²) in [5.74, 6) is 0. The van der Waals surface area contributed by atoms with Gasteiger partial charge >= 0.3 is 0 Å². The van der Waals surface area contributed by atoms with Crippen molar-refractivity contribution in [3.8, 4) is 0 Å². The largest absolute Gasteiger partial charge is 0.370 e. The van der Waals surface area contributed by atoms with E-state index < -0.39 is 25.6 Å². The maximum atomic E-state index is 11.1. The van der Waals surface area contributed by atoms with Gasteiger partial charge < -0.3 is 4.74 Å². The molecule has 1 aliphatic rings. The summed E-state index contributed by atoms with van der Waals surface area (Å²) < 4.78 is 55.5. The normalized spacial score (nSPS) is 19.5. The van der Waals surface area contributed by atoms with Gasteiger partial charge in [-0.3, -0.25) is 4.72 Å². The Labute approximate surface area is 174 Å². The minimum atomic E-state index is -3.36. The first-order valence-corrected chi connectivity index (χ1v) is 12.6. The van der Waals surface area contributed by atoms with Gasteiger partial charge in [-0.1, -0.05) is 6.07 Å². The molecular formula is C20H30N2O5S2. The van der Waals surface area contributed by atoms with Crippen molar-refractivity contribution in [2.75, 3.05) is 24.3 Å². The van der Waals surface area contributed by atoms with Crippen LogP contribution in [0, 0.1) is 13.8 Å². The van der Waals surface area contributed by atoms with Crippen molar-refractivity contribution in [1.82, 2.24) is 0 Å². The zero-order valence-corrected chi connectivity index (χ0v) is 19.8. The van der Waals surface area contributed by atoms with Crippen LogP contribution in [0.2, 0.25) is 0 Å². The molecule has 1 aliphatic carbocycles. The fraction of sp³-hybridized carbons (Fsp3) is 0.450. The van der Waals surface area contributed by atoms with E-state index in [2.05, 4.69) is 9.12 Å². The van der Waals surface area contributed by atoms with E-state index in [4.69, 9.17) is 4.74 Å². The Morgan fingerprint density at radius 3 is 1.69 bits per heavy atom. The van der Waals surface area contributed by atoms with Crippen LogP contribution in [0.25, 0.3) is 0 Å². The number of rotatable bonds is 4. The Balaban J connectivity index is 0.000000296. The number of anilines is 1.